The van der Waals surface area contributed by atoms with Gasteiger partial charge < -0.3 is 25.0 Å². The molecule has 3 aromatic carbocycles. The number of methoxy groups -OCH3 is 1. The molecule has 7 rings (SSSR count). The normalized spacial score (nSPS) is 13.5. The van der Waals surface area contributed by atoms with Crippen molar-refractivity contribution in [2.75, 3.05) is 20.2 Å². The van der Waals surface area contributed by atoms with E-state index >= 15 is 0 Å². The summed E-state index contributed by atoms with van der Waals surface area (Å²) in [7, 11) is 1.59. The molecule has 276 valence electrons. The number of fused-ring (bicyclic) bond motifs is 2. The van der Waals surface area contributed by atoms with Crippen molar-refractivity contribution < 1.29 is 29.0 Å². The average molecular weight is 809 g/mol. The number of nitrogens with one attached hydrogen (secondary N) is 1. The van der Waals surface area contributed by atoms with Gasteiger partial charge in [0.25, 0.3) is 11.8 Å². The van der Waals surface area contributed by atoms with Gasteiger partial charge in [-0.2, -0.15) is 0 Å². The summed E-state index contributed by atoms with van der Waals surface area (Å²) in [5.74, 6) is -1.12. The second-order valence-electron chi connectivity index (χ2n) is 12.2. The van der Waals surface area contributed by atoms with Crippen LogP contribution in [0.4, 0.5) is 0 Å². The van der Waals surface area contributed by atoms with E-state index < -0.39 is 5.97 Å². The smallest absolute Gasteiger partial charge is 0.323 e. The van der Waals surface area contributed by atoms with E-state index in [-0.39, 0.29) is 54.0 Å². The highest BCUT2D eigenvalue weighted by molar-refractivity contribution is 6.34. The Kier molecular flexibility index (Phi) is 11.6. The predicted molar refractivity (Wildman–Crippen MR) is 202 cm³/mol. The third kappa shape index (κ3) is 8.55. The molecule has 0 saturated heterocycles. The zero-order valence-electron chi connectivity index (χ0n) is 28.5. The molecule has 13 nitrogen and oxygen atoms in total. The molecule has 2 aliphatic heterocycles. The number of carbonyl (C=O) groups is 4. The van der Waals surface area contributed by atoms with E-state index in [1.807, 2.05) is 43.3 Å². The number of aliphatic carboxylic acids is 1. The van der Waals surface area contributed by atoms with Gasteiger partial charge in [0.05, 0.1) is 47.0 Å². The second kappa shape index (κ2) is 16.4. The Balaban J connectivity index is 0.000000197. The fourth-order valence-corrected chi connectivity index (χ4v) is 6.65. The maximum absolute atomic E-state index is 12.9. The van der Waals surface area contributed by atoms with E-state index in [0.717, 1.165) is 22.4 Å². The number of nitrogens with zero attached hydrogens (tertiary/aromatic N) is 6. The Morgan fingerprint density at radius 2 is 1.31 bits per heavy atom. The van der Waals surface area contributed by atoms with Crippen LogP contribution in [0.15, 0.2) is 73.1 Å². The van der Waals surface area contributed by atoms with Crippen molar-refractivity contribution in [3.05, 3.63) is 121 Å². The Bertz CT molecular complexity index is 2310. The standard InChI is InChI=1S/C23H20Cl2N4O3.C14H9Cl2N3O3/c1-13(14-4-3-5-17(8-14)32-2)27-20(30)12-29-11-16-7-6-15(9-18(16)22(29)31)21-19(24)10-26-23(25)28-21;15-10-4-17-14(16)18-12(10)7-1-2-8-5-19(6-11(20)21)13(22)9(8)3-7/h3-10,13H,11-12H2,1-2H3,(H,27,30);1-4H,5-6H2,(H,20,21)/t13-;/m1./s1. The molecule has 0 saturated carbocycles. The zero-order valence-corrected chi connectivity index (χ0v) is 31.5. The van der Waals surface area contributed by atoms with Gasteiger partial charge in [0.1, 0.15) is 18.8 Å². The van der Waals surface area contributed by atoms with E-state index in [4.69, 9.17) is 56.2 Å². The minimum Gasteiger partial charge on any atom is -0.497 e. The SMILES string of the molecule is COc1cccc([C@@H](C)NC(=O)CN2Cc3ccc(-c4nc(Cl)ncc4Cl)cc3C2=O)c1.O=C(O)CN1Cc2ccc(-c3nc(Cl)ncc3Cl)cc2C1=O. The summed E-state index contributed by atoms with van der Waals surface area (Å²) in [5.41, 5.74) is 5.64. The first-order valence-corrected chi connectivity index (χ1v) is 17.7. The first-order chi connectivity index (χ1) is 25.8. The highest BCUT2D eigenvalue weighted by Crippen LogP contribution is 2.33. The van der Waals surface area contributed by atoms with Crippen LogP contribution in [0.1, 0.15) is 50.4 Å². The second-order valence-corrected chi connectivity index (χ2v) is 13.7. The summed E-state index contributed by atoms with van der Waals surface area (Å²) >= 11 is 23.9. The number of hydrogen-bond acceptors (Lipinski definition) is 9. The number of carbonyl (C=O) groups excluding carboxylic acids is 3. The van der Waals surface area contributed by atoms with E-state index in [1.165, 1.54) is 22.2 Å². The summed E-state index contributed by atoms with van der Waals surface area (Å²) in [5, 5.41) is 12.5. The maximum Gasteiger partial charge on any atom is 0.323 e. The van der Waals surface area contributed by atoms with Crippen molar-refractivity contribution >= 4 is 70.1 Å². The van der Waals surface area contributed by atoms with Crippen molar-refractivity contribution in [3.63, 3.8) is 0 Å². The lowest BCUT2D eigenvalue weighted by atomic mass is 10.0. The minimum atomic E-state index is -1.05. The molecule has 5 aromatic rings. The van der Waals surface area contributed by atoms with Gasteiger partial charge in [-0.25, -0.2) is 19.9 Å². The van der Waals surface area contributed by atoms with Crippen molar-refractivity contribution in [2.24, 2.45) is 0 Å². The first-order valence-electron chi connectivity index (χ1n) is 16.2. The highest BCUT2D eigenvalue weighted by atomic mass is 35.5. The van der Waals surface area contributed by atoms with Gasteiger partial charge in [-0.1, -0.05) is 59.6 Å². The van der Waals surface area contributed by atoms with Crippen LogP contribution in [0.2, 0.25) is 20.6 Å². The number of hydrogen-bond donors (Lipinski definition) is 2. The van der Waals surface area contributed by atoms with Gasteiger partial charge in [0, 0.05) is 35.3 Å². The van der Waals surface area contributed by atoms with Gasteiger partial charge in [-0.05, 0) is 71.1 Å². The molecular formula is C37H29Cl4N7O6. The fraction of sp³-hybridized carbons (Fsp3) is 0.189. The number of carboxylic acids is 1. The van der Waals surface area contributed by atoms with Crippen LogP contribution in [0.3, 0.4) is 0 Å². The van der Waals surface area contributed by atoms with Crippen molar-refractivity contribution in [1.82, 2.24) is 35.1 Å². The molecule has 0 aliphatic carbocycles. The van der Waals surface area contributed by atoms with E-state index in [1.54, 1.807) is 31.4 Å². The lowest BCUT2D eigenvalue weighted by Crippen LogP contribution is -2.38. The highest BCUT2D eigenvalue weighted by Gasteiger charge is 2.31. The molecule has 1 atom stereocenters. The summed E-state index contributed by atoms with van der Waals surface area (Å²) in [6.45, 7) is 2.14. The Morgan fingerprint density at radius 3 is 1.81 bits per heavy atom. The zero-order chi connectivity index (χ0) is 38.7. The maximum atomic E-state index is 12.9. The molecule has 54 heavy (non-hydrogen) atoms. The fourth-order valence-electron chi connectivity index (χ4n) is 5.99. The van der Waals surface area contributed by atoms with Gasteiger partial charge in [-0.3, -0.25) is 19.2 Å². The van der Waals surface area contributed by atoms with Crippen molar-refractivity contribution in [1.29, 1.82) is 0 Å². The van der Waals surface area contributed by atoms with Gasteiger partial charge in [0.15, 0.2) is 0 Å². The molecule has 0 radical (unpaired) electrons. The molecule has 3 amide bonds. The van der Waals surface area contributed by atoms with Crippen molar-refractivity contribution in [3.8, 4) is 28.3 Å². The molecule has 17 heteroatoms. The van der Waals surface area contributed by atoms with E-state index in [2.05, 4.69) is 25.3 Å². The van der Waals surface area contributed by atoms with Crippen LogP contribution >= 0.6 is 46.4 Å². The number of ether oxygens (including phenoxy) is 1. The molecule has 2 N–H and O–H groups in total. The quantitative estimate of drug-likeness (QED) is 0.152. The van der Waals surface area contributed by atoms with Crippen LogP contribution in [-0.4, -0.2) is 78.7 Å². The van der Waals surface area contributed by atoms with Crippen LogP contribution in [0.5, 0.6) is 5.75 Å². The third-order valence-electron chi connectivity index (χ3n) is 8.59. The largest absolute Gasteiger partial charge is 0.497 e. The molecule has 0 unspecified atom stereocenters. The third-order valence-corrected chi connectivity index (χ3v) is 9.50. The Hall–Kier alpha value is -5.34. The number of carboxylic acid groups (broad SMARTS) is 1. The summed E-state index contributed by atoms with van der Waals surface area (Å²) in [4.78, 5) is 67.2. The molecule has 0 spiro atoms. The molecule has 0 bridgehead atoms. The topological polar surface area (TPSA) is 168 Å². The Labute approximate surface area is 328 Å². The molecule has 2 aromatic heterocycles. The number of benzene rings is 3. The van der Waals surface area contributed by atoms with Crippen LogP contribution in [0, 0.1) is 0 Å². The van der Waals surface area contributed by atoms with Gasteiger partial charge >= 0.3 is 5.97 Å². The lowest BCUT2D eigenvalue weighted by Gasteiger charge is -2.19. The first kappa shape index (κ1) is 38.4. The summed E-state index contributed by atoms with van der Waals surface area (Å²) < 4.78 is 5.23. The van der Waals surface area contributed by atoms with Gasteiger partial charge in [0.2, 0.25) is 16.5 Å². The van der Waals surface area contributed by atoms with E-state index in [9.17, 15) is 19.2 Å². The monoisotopic (exact) mass is 807 g/mol. The predicted octanol–water partition coefficient (Wildman–Crippen LogP) is 6.78. The molecular weight excluding hydrogens is 780 g/mol. The number of rotatable bonds is 9. The number of aromatic nitrogens is 4. The number of amides is 3. The van der Waals surface area contributed by atoms with E-state index in [0.29, 0.717) is 50.2 Å². The summed E-state index contributed by atoms with van der Waals surface area (Å²) in [6, 6.07) is 17.8. The minimum absolute atomic E-state index is 0.0444. The van der Waals surface area contributed by atoms with Crippen LogP contribution in [0.25, 0.3) is 22.5 Å². The van der Waals surface area contributed by atoms with Gasteiger partial charge in [-0.15, -0.1) is 0 Å². The molecule has 4 heterocycles. The van der Waals surface area contributed by atoms with Crippen LogP contribution in [-0.2, 0) is 22.7 Å². The number of halogens is 4. The average Bonchev–Trinajstić information content (AvgIpc) is 3.63. The lowest BCUT2D eigenvalue weighted by molar-refractivity contribution is -0.137. The molecule has 2 aliphatic rings. The van der Waals surface area contributed by atoms with Crippen LogP contribution < -0.4 is 10.1 Å². The van der Waals surface area contributed by atoms with Crippen molar-refractivity contribution in [2.45, 2.75) is 26.1 Å². The summed E-state index contributed by atoms with van der Waals surface area (Å²) in [6.07, 6.45) is 2.80. The Morgan fingerprint density at radius 1 is 0.796 bits per heavy atom. The molecule has 0 fully saturated rings.